The summed E-state index contributed by atoms with van der Waals surface area (Å²) >= 11 is 0. The Labute approximate surface area is 218 Å². The van der Waals surface area contributed by atoms with Crippen LogP contribution in [0.25, 0.3) is 16.7 Å². The molecule has 38 heavy (non-hydrogen) atoms. The normalized spacial score (nSPS) is 13.4. The molecule has 0 saturated heterocycles. The SMILES string of the molecule is COc1ccccc1Nc1cc(NCCC(F)(F)F)c2ncn(-c3ccc(C(=O)NC4CC4)c(C)c3)c2c1. The molecular formula is C28H28F3N5O2. The van der Waals surface area contributed by atoms with Gasteiger partial charge in [0.1, 0.15) is 17.6 Å². The van der Waals surface area contributed by atoms with Gasteiger partial charge in [-0.1, -0.05) is 12.1 Å². The van der Waals surface area contributed by atoms with Crippen molar-refractivity contribution in [2.45, 2.75) is 38.4 Å². The molecule has 0 unspecified atom stereocenters. The van der Waals surface area contributed by atoms with Gasteiger partial charge in [-0.2, -0.15) is 13.2 Å². The zero-order valence-corrected chi connectivity index (χ0v) is 21.0. The zero-order valence-electron chi connectivity index (χ0n) is 21.0. The summed E-state index contributed by atoms with van der Waals surface area (Å²) in [6.07, 6.45) is -1.60. The van der Waals surface area contributed by atoms with Crippen LogP contribution in [0.5, 0.6) is 5.75 Å². The molecule has 4 aromatic rings. The summed E-state index contributed by atoms with van der Waals surface area (Å²) < 4.78 is 45.8. The Morgan fingerprint density at radius 1 is 1.11 bits per heavy atom. The second-order valence-corrected chi connectivity index (χ2v) is 9.37. The van der Waals surface area contributed by atoms with E-state index in [1.54, 1.807) is 25.6 Å². The molecule has 3 aromatic carbocycles. The number of nitrogens with zero attached hydrogens (tertiary/aromatic N) is 2. The topological polar surface area (TPSA) is 80.2 Å². The van der Waals surface area contributed by atoms with E-state index < -0.39 is 12.6 Å². The molecule has 1 aliphatic rings. The molecule has 0 spiro atoms. The molecule has 10 heteroatoms. The fourth-order valence-corrected chi connectivity index (χ4v) is 4.31. The van der Waals surface area contributed by atoms with Crippen molar-refractivity contribution in [1.29, 1.82) is 0 Å². The van der Waals surface area contributed by atoms with Crippen LogP contribution in [0.3, 0.4) is 0 Å². The van der Waals surface area contributed by atoms with Crippen LogP contribution in [-0.4, -0.2) is 41.3 Å². The van der Waals surface area contributed by atoms with Crippen LogP contribution in [-0.2, 0) is 0 Å². The summed E-state index contributed by atoms with van der Waals surface area (Å²) in [6, 6.07) is 16.8. The van der Waals surface area contributed by atoms with Gasteiger partial charge in [0.15, 0.2) is 0 Å². The molecular weight excluding hydrogens is 495 g/mol. The standard InChI is InChI=1S/C28H28F3N5O2/c1-17-13-20(9-10-21(17)27(37)35-18-7-8-18)36-16-33-26-23(32-12-11-28(29,30)31)14-19(15-24(26)36)34-22-5-3-4-6-25(22)38-2/h3-6,9-10,13-16,18,32,34H,7-8,11-12H2,1-2H3,(H,35,37). The van der Waals surface area contributed by atoms with Crippen molar-refractivity contribution in [3.8, 4) is 11.4 Å². The number of aryl methyl sites for hydroxylation is 1. The second-order valence-electron chi connectivity index (χ2n) is 9.37. The molecule has 1 heterocycles. The quantitative estimate of drug-likeness (QED) is 0.239. The van der Waals surface area contributed by atoms with Gasteiger partial charge in [-0.15, -0.1) is 0 Å². The summed E-state index contributed by atoms with van der Waals surface area (Å²) in [7, 11) is 1.57. The van der Waals surface area contributed by atoms with E-state index >= 15 is 0 Å². The van der Waals surface area contributed by atoms with Crippen molar-refractivity contribution in [3.63, 3.8) is 0 Å². The lowest BCUT2D eigenvalue weighted by molar-refractivity contribution is -0.131. The van der Waals surface area contributed by atoms with Gasteiger partial charge in [-0.05, 0) is 67.8 Å². The van der Waals surface area contributed by atoms with E-state index in [1.807, 2.05) is 54.0 Å². The number of aromatic nitrogens is 2. The van der Waals surface area contributed by atoms with Crippen LogP contribution < -0.4 is 20.7 Å². The molecule has 1 aromatic heterocycles. The lowest BCUT2D eigenvalue weighted by atomic mass is 10.1. The van der Waals surface area contributed by atoms with E-state index in [0.29, 0.717) is 39.4 Å². The molecule has 0 radical (unpaired) electrons. The first-order valence-corrected chi connectivity index (χ1v) is 12.4. The molecule has 1 amide bonds. The van der Waals surface area contributed by atoms with E-state index in [-0.39, 0.29) is 18.5 Å². The molecule has 1 saturated carbocycles. The fraction of sp³-hybridized carbons (Fsp3) is 0.286. The first-order valence-electron chi connectivity index (χ1n) is 12.4. The van der Waals surface area contributed by atoms with Gasteiger partial charge in [0, 0.05) is 29.5 Å². The molecule has 5 rings (SSSR count). The first kappa shape index (κ1) is 25.4. The number of carbonyl (C=O) groups excluding carboxylic acids is 1. The van der Waals surface area contributed by atoms with E-state index in [1.165, 1.54) is 0 Å². The Morgan fingerprint density at radius 2 is 1.89 bits per heavy atom. The minimum atomic E-state index is -4.27. The van der Waals surface area contributed by atoms with Gasteiger partial charge in [0.05, 0.1) is 30.4 Å². The lowest BCUT2D eigenvalue weighted by Crippen LogP contribution is -2.26. The van der Waals surface area contributed by atoms with Crippen molar-refractivity contribution in [3.05, 3.63) is 72.1 Å². The first-order chi connectivity index (χ1) is 18.2. The summed E-state index contributed by atoms with van der Waals surface area (Å²) in [5.41, 5.74) is 5.26. The van der Waals surface area contributed by atoms with Gasteiger partial charge in [-0.25, -0.2) is 4.98 Å². The number of fused-ring (bicyclic) bond motifs is 1. The number of hydrogen-bond donors (Lipinski definition) is 3. The number of ether oxygens (including phenoxy) is 1. The highest BCUT2D eigenvalue weighted by atomic mass is 19.4. The number of imidazole rings is 1. The molecule has 198 valence electrons. The molecule has 0 atom stereocenters. The number of anilines is 3. The smallest absolute Gasteiger partial charge is 0.390 e. The van der Waals surface area contributed by atoms with Crippen LogP contribution >= 0.6 is 0 Å². The minimum Gasteiger partial charge on any atom is -0.495 e. The lowest BCUT2D eigenvalue weighted by Gasteiger charge is -2.15. The van der Waals surface area contributed by atoms with E-state index in [4.69, 9.17) is 4.74 Å². The number of carbonyl (C=O) groups is 1. The highest BCUT2D eigenvalue weighted by Gasteiger charge is 2.27. The third-order valence-corrected chi connectivity index (χ3v) is 6.41. The van der Waals surface area contributed by atoms with E-state index in [9.17, 15) is 18.0 Å². The average molecular weight is 524 g/mol. The number of rotatable bonds is 9. The van der Waals surface area contributed by atoms with Gasteiger partial charge in [0.25, 0.3) is 5.91 Å². The van der Waals surface area contributed by atoms with Gasteiger partial charge in [0.2, 0.25) is 0 Å². The number of halogens is 3. The van der Waals surface area contributed by atoms with Crippen LogP contribution in [0.4, 0.5) is 30.2 Å². The summed E-state index contributed by atoms with van der Waals surface area (Å²) in [6.45, 7) is 1.59. The minimum absolute atomic E-state index is 0.0912. The molecule has 0 aliphatic heterocycles. The Hall–Kier alpha value is -4.21. The molecule has 7 nitrogen and oxygen atoms in total. The van der Waals surface area contributed by atoms with Crippen LogP contribution in [0.1, 0.15) is 35.2 Å². The number of hydrogen-bond acceptors (Lipinski definition) is 5. The van der Waals surface area contributed by atoms with Gasteiger partial charge >= 0.3 is 6.18 Å². The van der Waals surface area contributed by atoms with Crippen LogP contribution in [0.2, 0.25) is 0 Å². The van der Waals surface area contributed by atoms with Crippen LogP contribution in [0.15, 0.2) is 60.9 Å². The maximum atomic E-state index is 12.8. The number of para-hydroxylation sites is 2. The number of amides is 1. The Bertz CT molecular complexity index is 1480. The molecule has 1 fully saturated rings. The number of methoxy groups -OCH3 is 1. The highest BCUT2D eigenvalue weighted by Crippen LogP contribution is 2.34. The third-order valence-electron chi connectivity index (χ3n) is 6.41. The summed E-state index contributed by atoms with van der Waals surface area (Å²) in [5, 5.41) is 9.22. The van der Waals surface area contributed by atoms with Crippen molar-refractivity contribution in [1.82, 2.24) is 14.9 Å². The van der Waals surface area contributed by atoms with Crippen molar-refractivity contribution in [2.24, 2.45) is 0 Å². The number of alkyl halides is 3. The predicted octanol–water partition coefficient (Wildman–Crippen LogP) is 6.34. The predicted molar refractivity (Wildman–Crippen MR) is 142 cm³/mol. The Balaban J connectivity index is 1.52. The maximum Gasteiger partial charge on any atom is 0.390 e. The third kappa shape index (κ3) is 5.69. The average Bonchev–Trinajstić information content (AvgIpc) is 3.58. The van der Waals surface area contributed by atoms with Crippen molar-refractivity contribution in [2.75, 3.05) is 24.3 Å². The van der Waals surface area contributed by atoms with Gasteiger partial charge in [-0.3, -0.25) is 9.36 Å². The molecule has 0 bridgehead atoms. The van der Waals surface area contributed by atoms with Crippen LogP contribution in [0, 0.1) is 6.92 Å². The van der Waals surface area contributed by atoms with E-state index in [0.717, 1.165) is 24.1 Å². The second kappa shape index (κ2) is 10.3. The van der Waals surface area contributed by atoms with Crippen molar-refractivity contribution < 1.29 is 22.7 Å². The summed E-state index contributed by atoms with van der Waals surface area (Å²) in [5.74, 6) is 0.537. The molecule has 3 N–H and O–H groups in total. The van der Waals surface area contributed by atoms with E-state index in [2.05, 4.69) is 20.9 Å². The monoisotopic (exact) mass is 523 g/mol. The molecule has 1 aliphatic carbocycles. The highest BCUT2D eigenvalue weighted by molar-refractivity contribution is 5.97. The summed E-state index contributed by atoms with van der Waals surface area (Å²) in [4.78, 5) is 17.1. The zero-order chi connectivity index (χ0) is 26.9. The largest absolute Gasteiger partial charge is 0.495 e. The van der Waals surface area contributed by atoms with Gasteiger partial charge < -0.3 is 20.7 Å². The Kier molecular flexibility index (Phi) is 6.88. The Morgan fingerprint density at radius 3 is 2.61 bits per heavy atom. The number of nitrogens with one attached hydrogen (secondary N) is 3. The maximum absolute atomic E-state index is 12.8. The fourth-order valence-electron chi connectivity index (χ4n) is 4.31. The van der Waals surface area contributed by atoms with Crippen molar-refractivity contribution >= 4 is 34.0 Å². The number of benzene rings is 3.